The molecule has 188 valence electrons. The predicted molar refractivity (Wildman–Crippen MR) is 146 cm³/mol. The fraction of sp³-hybridized carbons (Fsp3) is 0.233. The molecule has 1 aromatic heterocycles. The summed E-state index contributed by atoms with van der Waals surface area (Å²) in [5.41, 5.74) is 4.46. The summed E-state index contributed by atoms with van der Waals surface area (Å²) in [7, 11) is 0. The highest BCUT2D eigenvalue weighted by molar-refractivity contribution is 5.92. The van der Waals surface area contributed by atoms with E-state index in [1.54, 1.807) is 11.6 Å². The molecule has 3 aromatic carbocycles. The molecule has 0 aliphatic carbocycles. The van der Waals surface area contributed by atoms with Crippen molar-refractivity contribution in [3.8, 4) is 5.69 Å². The lowest BCUT2D eigenvalue weighted by atomic mass is 10.1. The van der Waals surface area contributed by atoms with Gasteiger partial charge in [0.15, 0.2) is 5.69 Å². The Bertz CT molecular complexity index is 1410. The first-order chi connectivity index (χ1) is 18.1. The van der Waals surface area contributed by atoms with E-state index >= 15 is 0 Å². The van der Waals surface area contributed by atoms with Crippen molar-refractivity contribution in [2.45, 2.75) is 20.0 Å². The van der Waals surface area contributed by atoms with Gasteiger partial charge in [-0.25, -0.2) is 4.68 Å². The van der Waals surface area contributed by atoms with Crippen LogP contribution in [0.2, 0.25) is 0 Å². The zero-order valence-electron chi connectivity index (χ0n) is 21.0. The lowest BCUT2D eigenvalue weighted by molar-refractivity contribution is 0.0942. The van der Waals surface area contributed by atoms with Gasteiger partial charge in [0, 0.05) is 56.7 Å². The molecule has 0 atom stereocenters. The predicted octanol–water partition coefficient (Wildman–Crippen LogP) is 3.79. The monoisotopic (exact) mass is 493 g/mol. The second kappa shape index (κ2) is 11.2. The first-order valence-electron chi connectivity index (χ1n) is 12.6. The van der Waals surface area contributed by atoms with Crippen LogP contribution in [-0.4, -0.2) is 46.8 Å². The molecule has 0 spiro atoms. The van der Waals surface area contributed by atoms with Crippen molar-refractivity contribution in [2.24, 2.45) is 0 Å². The maximum absolute atomic E-state index is 13.0. The smallest absolute Gasteiger partial charge is 0.276 e. The molecule has 1 saturated heterocycles. The summed E-state index contributed by atoms with van der Waals surface area (Å²) < 4.78 is 1.62. The molecule has 5 rings (SSSR count). The minimum Gasteiger partial charge on any atom is -0.369 e. The van der Waals surface area contributed by atoms with E-state index in [2.05, 4.69) is 50.5 Å². The lowest BCUT2D eigenvalue weighted by Gasteiger charge is -2.36. The van der Waals surface area contributed by atoms with Gasteiger partial charge in [0.25, 0.3) is 5.91 Å². The number of aryl methyl sites for hydroxylation is 1. The summed E-state index contributed by atoms with van der Waals surface area (Å²) in [6.07, 6.45) is 0. The molecule has 0 bridgehead atoms. The SMILES string of the molecule is Cc1cc(=O)c(C(=O)NCc2ccccc2CN2CCN(c3ccccc3)CC2)nn1-c1ccccc1. The number of anilines is 1. The van der Waals surface area contributed by atoms with Gasteiger partial charge in [0.05, 0.1) is 5.69 Å². The Balaban J connectivity index is 1.24. The first kappa shape index (κ1) is 24.5. The van der Waals surface area contributed by atoms with Crippen molar-refractivity contribution in [1.29, 1.82) is 0 Å². The number of rotatable bonds is 7. The third-order valence-corrected chi connectivity index (χ3v) is 6.77. The molecule has 1 aliphatic heterocycles. The summed E-state index contributed by atoms with van der Waals surface area (Å²) >= 11 is 0. The van der Waals surface area contributed by atoms with E-state index < -0.39 is 5.91 Å². The van der Waals surface area contributed by atoms with E-state index in [0.717, 1.165) is 44.0 Å². The Morgan fingerprint density at radius 2 is 1.41 bits per heavy atom. The molecule has 1 aliphatic rings. The fourth-order valence-corrected chi connectivity index (χ4v) is 4.72. The van der Waals surface area contributed by atoms with E-state index in [0.29, 0.717) is 12.2 Å². The zero-order valence-corrected chi connectivity index (χ0v) is 21.0. The number of para-hydroxylation sites is 2. The van der Waals surface area contributed by atoms with Gasteiger partial charge in [-0.2, -0.15) is 5.10 Å². The normalized spacial score (nSPS) is 13.9. The molecule has 1 amide bonds. The van der Waals surface area contributed by atoms with Crippen LogP contribution >= 0.6 is 0 Å². The molecule has 0 unspecified atom stereocenters. The van der Waals surface area contributed by atoms with Gasteiger partial charge in [0.1, 0.15) is 0 Å². The van der Waals surface area contributed by atoms with Crippen molar-refractivity contribution in [3.63, 3.8) is 0 Å². The second-order valence-corrected chi connectivity index (χ2v) is 9.30. The quantitative estimate of drug-likeness (QED) is 0.424. The Hall–Kier alpha value is -4.23. The molecule has 7 nitrogen and oxygen atoms in total. The van der Waals surface area contributed by atoms with E-state index in [1.165, 1.54) is 17.3 Å². The van der Waals surface area contributed by atoms with Crippen molar-refractivity contribution in [2.75, 3.05) is 31.1 Å². The molecule has 4 aromatic rings. The molecule has 1 N–H and O–H groups in total. The van der Waals surface area contributed by atoms with Gasteiger partial charge in [0.2, 0.25) is 5.43 Å². The second-order valence-electron chi connectivity index (χ2n) is 9.30. The Morgan fingerprint density at radius 3 is 2.08 bits per heavy atom. The van der Waals surface area contributed by atoms with E-state index in [-0.39, 0.29) is 11.1 Å². The molecule has 2 heterocycles. The minimum atomic E-state index is -0.471. The van der Waals surface area contributed by atoms with Crippen LogP contribution in [0.15, 0.2) is 95.8 Å². The highest BCUT2D eigenvalue weighted by atomic mass is 16.2. The summed E-state index contributed by atoms with van der Waals surface area (Å²) in [6, 6.07) is 29.6. The van der Waals surface area contributed by atoms with Gasteiger partial charge < -0.3 is 10.2 Å². The van der Waals surface area contributed by atoms with E-state index in [1.807, 2.05) is 54.6 Å². The summed E-state index contributed by atoms with van der Waals surface area (Å²) in [5, 5.41) is 7.30. The van der Waals surface area contributed by atoms with Crippen LogP contribution in [0.25, 0.3) is 5.69 Å². The van der Waals surface area contributed by atoms with Crippen LogP contribution in [0.3, 0.4) is 0 Å². The number of hydrogen-bond donors (Lipinski definition) is 1. The van der Waals surface area contributed by atoms with Crippen molar-refractivity contribution < 1.29 is 4.79 Å². The summed E-state index contributed by atoms with van der Waals surface area (Å²) in [6.45, 7) is 6.87. The number of carbonyl (C=O) groups excluding carboxylic acids is 1. The number of aromatic nitrogens is 2. The van der Waals surface area contributed by atoms with Crippen molar-refractivity contribution in [1.82, 2.24) is 20.0 Å². The van der Waals surface area contributed by atoms with Crippen LogP contribution in [0.5, 0.6) is 0 Å². The van der Waals surface area contributed by atoms with Crippen LogP contribution < -0.4 is 15.6 Å². The van der Waals surface area contributed by atoms with E-state index in [9.17, 15) is 9.59 Å². The van der Waals surface area contributed by atoms with Crippen LogP contribution in [-0.2, 0) is 13.1 Å². The third-order valence-electron chi connectivity index (χ3n) is 6.77. The number of benzene rings is 3. The zero-order chi connectivity index (χ0) is 25.6. The number of piperazine rings is 1. The van der Waals surface area contributed by atoms with Crippen LogP contribution in [0.4, 0.5) is 5.69 Å². The maximum Gasteiger partial charge on any atom is 0.276 e. The van der Waals surface area contributed by atoms with Gasteiger partial charge in [-0.05, 0) is 42.3 Å². The Labute approximate surface area is 217 Å². The van der Waals surface area contributed by atoms with Gasteiger partial charge in [-0.15, -0.1) is 0 Å². The van der Waals surface area contributed by atoms with Crippen molar-refractivity contribution >= 4 is 11.6 Å². The Morgan fingerprint density at radius 1 is 0.811 bits per heavy atom. The highest BCUT2D eigenvalue weighted by Gasteiger charge is 2.19. The fourth-order valence-electron chi connectivity index (χ4n) is 4.72. The molecular weight excluding hydrogens is 462 g/mol. The van der Waals surface area contributed by atoms with Gasteiger partial charge in [-0.1, -0.05) is 60.7 Å². The molecule has 0 saturated carbocycles. The van der Waals surface area contributed by atoms with Crippen LogP contribution in [0.1, 0.15) is 27.3 Å². The largest absolute Gasteiger partial charge is 0.369 e. The average molecular weight is 494 g/mol. The van der Waals surface area contributed by atoms with Crippen LogP contribution in [0, 0.1) is 6.92 Å². The first-order valence-corrected chi connectivity index (χ1v) is 12.6. The third kappa shape index (κ3) is 5.78. The number of carbonyl (C=O) groups is 1. The van der Waals surface area contributed by atoms with E-state index in [4.69, 9.17) is 0 Å². The molecule has 37 heavy (non-hydrogen) atoms. The van der Waals surface area contributed by atoms with Gasteiger partial charge >= 0.3 is 0 Å². The van der Waals surface area contributed by atoms with Gasteiger partial charge in [-0.3, -0.25) is 14.5 Å². The summed E-state index contributed by atoms with van der Waals surface area (Å²) in [5.74, 6) is -0.471. The number of hydrogen-bond acceptors (Lipinski definition) is 5. The maximum atomic E-state index is 13.0. The minimum absolute atomic E-state index is 0.107. The number of nitrogens with one attached hydrogen (secondary N) is 1. The molecular formula is C30H31N5O2. The highest BCUT2D eigenvalue weighted by Crippen LogP contribution is 2.18. The average Bonchev–Trinajstić information content (AvgIpc) is 2.94. The number of amides is 1. The molecule has 1 fully saturated rings. The molecule has 0 radical (unpaired) electrons. The van der Waals surface area contributed by atoms with Crippen molar-refractivity contribution in [3.05, 3.63) is 124 Å². The topological polar surface area (TPSA) is 70.5 Å². The summed E-state index contributed by atoms with van der Waals surface area (Å²) in [4.78, 5) is 30.5. The number of nitrogens with zero attached hydrogens (tertiary/aromatic N) is 4. The Kier molecular flexibility index (Phi) is 7.42. The lowest BCUT2D eigenvalue weighted by Crippen LogP contribution is -2.46. The molecule has 7 heteroatoms. The standard InChI is InChI=1S/C30H31N5O2/c1-23-20-28(36)29(32-35(23)27-14-6-3-7-15-27)30(37)31-21-24-10-8-9-11-25(24)22-33-16-18-34(19-17-33)26-12-4-2-5-13-26/h2-15,20H,16-19,21-22H2,1H3,(H,31,37).